The van der Waals surface area contributed by atoms with Crippen molar-refractivity contribution in [2.75, 3.05) is 13.1 Å². The fourth-order valence-electron chi connectivity index (χ4n) is 3.24. The number of rotatable bonds is 5. The van der Waals surface area contributed by atoms with Crippen LogP contribution in [-0.2, 0) is 19.4 Å². The van der Waals surface area contributed by atoms with Crippen molar-refractivity contribution in [2.24, 2.45) is 5.92 Å². The minimum atomic E-state index is -0.367. The molecule has 2 heterocycles. The van der Waals surface area contributed by atoms with Gasteiger partial charge in [0.1, 0.15) is 5.82 Å². The van der Waals surface area contributed by atoms with Crippen LogP contribution in [-0.4, -0.2) is 39.2 Å². The molecule has 1 aromatic heterocycles. The molecule has 2 N–H and O–H groups in total. The Labute approximate surface area is 148 Å². The molecule has 1 atom stereocenters. The maximum absolute atomic E-state index is 12.5. The number of fused-ring (bicyclic) bond motifs is 1. The number of aromatic amines is 1. The van der Waals surface area contributed by atoms with Crippen LogP contribution in [0.5, 0.6) is 0 Å². The molecule has 1 aliphatic heterocycles. The Kier molecular flexibility index (Phi) is 5.35. The maximum atomic E-state index is 12.5. The third kappa shape index (κ3) is 4.17. The molecule has 0 saturated heterocycles. The second-order valence-electron chi connectivity index (χ2n) is 7.34. The van der Waals surface area contributed by atoms with Gasteiger partial charge in [-0.2, -0.15) is 0 Å². The van der Waals surface area contributed by atoms with Crippen molar-refractivity contribution in [3.05, 3.63) is 62.8 Å². The van der Waals surface area contributed by atoms with E-state index in [1.807, 2.05) is 26.0 Å². The minimum Gasteiger partial charge on any atom is -0.392 e. The van der Waals surface area contributed by atoms with Crippen molar-refractivity contribution in [2.45, 2.75) is 46.3 Å². The van der Waals surface area contributed by atoms with Crippen molar-refractivity contribution in [1.82, 2.24) is 14.9 Å². The zero-order valence-corrected chi connectivity index (χ0v) is 15.2. The molecule has 0 radical (unpaired) electrons. The van der Waals surface area contributed by atoms with E-state index in [4.69, 9.17) is 4.98 Å². The lowest BCUT2D eigenvalue weighted by Crippen LogP contribution is -2.41. The molecular weight excluding hydrogens is 314 g/mol. The van der Waals surface area contributed by atoms with Gasteiger partial charge in [-0.3, -0.25) is 9.69 Å². The molecule has 0 spiro atoms. The minimum absolute atomic E-state index is 0.0441. The van der Waals surface area contributed by atoms with Crippen molar-refractivity contribution in [3.63, 3.8) is 0 Å². The van der Waals surface area contributed by atoms with Gasteiger partial charge >= 0.3 is 0 Å². The van der Waals surface area contributed by atoms with E-state index in [0.29, 0.717) is 19.5 Å². The summed E-state index contributed by atoms with van der Waals surface area (Å²) in [6, 6.07) is 8.17. The van der Waals surface area contributed by atoms with Gasteiger partial charge in [-0.25, -0.2) is 4.98 Å². The van der Waals surface area contributed by atoms with Gasteiger partial charge in [0.2, 0.25) is 0 Å². The lowest BCUT2D eigenvalue weighted by Gasteiger charge is -2.30. The highest BCUT2D eigenvalue weighted by Gasteiger charge is 2.23. The Balaban J connectivity index is 1.78. The van der Waals surface area contributed by atoms with Gasteiger partial charge in [0.15, 0.2) is 0 Å². The average Bonchev–Trinajstić information content (AvgIpc) is 2.57. The Morgan fingerprint density at radius 3 is 2.80 bits per heavy atom. The largest absolute Gasteiger partial charge is 0.392 e. The number of hydrogen-bond acceptors (Lipinski definition) is 4. The molecule has 0 amide bonds. The normalized spacial score (nSPS) is 16.0. The highest BCUT2D eigenvalue weighted by Crippen LogP contribution is 2.17. The van der Waals surface area contributed by atoms with E-state index in [2.05, 4.69) is 28.9 Å². The lowest BCUT2D eigenvalue weighted by molar-refractivity contribution is 0.0704. The monoisotopic (exact) mass is 341 g/mol. The Morgan fingerprint density at radius 2 is 2.08 bits per heavy atom. The fourth-order valence-corrected chi connectivity index (χ4v) is 3.24. The third-order valence-electron chi connectivity index (χ3n) is 5.03. The van der Waals surface area contributed by atoms with Gasteiger partial charge in [-0.15, -0.1) is 0 Å². The van der Waals surface area contributed by atoms with E-state index in [1.54, 1.807) is 0 Å². The molecule has 2 aromatic rings. The van der Waals surface area contributed by atoms with Crippen molar-refractivity contribution < 1.29 is 5.11 Å². The highest BCUT2D eigenvalue weighted by atomic mass is 16.3. The summed E-state index contributed by atoms with van der Waals surface area (Å²) in [6.45, 7) is 8.08. The number of nitrogens with one attached hydrogen (secondary N) is 1. The number of aliphatic hydroxyl groups is 1. The average molecular weight is 341 g/mol. The fraction of sp³-hybridized carbons (Fsp3) is 0.500. The topological polar surface area (TPSA) is 69.2 Å². The molecule has 3 rings (SSSR count). The molecular formula is C20H27N3O2. The summed E-state index contributed by atoms with van der Waals surface area (Å²) in [5.41, 5.74) is 4.00. The second kappa shape index (κ2) is 7.50. The number of aryl methyl sites for hydroxylation is 1. The van der Waals surface area contributed by atoms with Crippen LogP contribution in [0.1, 0.15) is 42.1 Å². The molecule has 1 aromatic carbocycles. The number of β-amino-alcohol motifs (C(OH)–C–C–N with tert-alkyl or cyclic N) is 1. The van der Waals surface area contributed by atoms with Crippen LogP contribution in [0.2, 0.25) is 0 Å². The van der Waals surface area contributed by atoms with Gasteiger partial charge in [0.05, 0.1) is 17.4 Å². The number of benzene rings is 1. The van der Waals surface area contributed by atoms with Gasteiger partial charge in [-0.05, 0) is 24.0 Å². The molecule has 134 valence electrons. The predicted molar refractivity (Wildman–Crippen MR) is 98.7 cm³/mol. The van der Waals surface area contributed by atoms with Crippen LogP contribution < -0.4 is 5.56 Å². The van der Waals surface area contributed by atoms with E-state index in [1.165, 1.54) is 11.1 Å². The quantitative estimate of drug-likeness (QED) is 0.873. The summed E-state index contributed by atoms with van der Waals surface area (Å²) in [5, 5.41) is 10.1. The van der Waals surface area contributed by atoms with E-state index in [9.17, 15) is 9.90 Å². The van der Waals surface area contributed by atoms with E-state index in [0.717, 1.165) is 30.0 Å². The van der Waals surface area contributed by atoms with Gasteiger partial charge in [0.25, 0.3) is 5.56 Å². The number of hydrogen-bond donors (Lipinski definition) is 2. The molecule has 5 heteroatoms. The smallest absolute Gasteiger partial charge is 0.255 e. The van der Waals surface area contributed by atoms with Crippen LogP contribution in [0.3, 0.4) is 0 Å². The van der Waals surface area contributed by atoms with Gasteiger partial charge < -0.3 is 10.1 Å². The van der Waals surface area contributed by atoms with Crippen LogP contribution in [0.4, 0.5) is 0 Å². The molecule has 0 bridgehead atoms. The van der Waals surface area contributed by atoms with Crippen molar-refractivity contribution >= 4 is 0 Å². The van der Waals surface area contributed by atoms with E-state index < -0.39 is 0 Å². The number of H-pyrrole nitrogens is 1. The van der Waals surface area contributed by atoms with Crippen LogP contribution in [0.25, 0.3) is 0 Å². The summed E-state index contributed by atoms with van der Waals surface area (Å²) < 4.78 is 0. The first kappa shape index (κ1) is 17.8. The summed E-state index contributed by atoms with van der Waals surface area (Å²) in [4.78, 5) is 22.4. The molecule has 25 heavy (non-hydrogen) atoms. The molecule has 1 aliphatic rings. The zero-order chi connectivity index (χ0) is 18.0. The van der Waals surface area contributed by atoms with Crippen molar-refractivity contribution in [1.29, 1.82) is 0 Å². The van der Waals surface area contributed by atoms with Crippen LogP contribution in [0, 0.1) is 12.8 Å². The third-order valence-corrected chi connectivity index (χ3v) is 5.03. The van der Waals surface area contributed by atoms with E-state index in [-0.39, 0.29) is 17.6 Å². The predicted octanol–water partition coefficient (Wildman–Crippen LogP) is 2.04. The van der Waals surface area contributed by atoms with Gasteiger partial charge in [-0.1, -0.05) is 38.1 Å². The first-order valence-corrected chi connectivity index (χ1v) is 9.00. The number of nitrogens with zero attached hydrogens (tertiary/aromatic N) is 2. The Morgan fingerprint density at radius 1 is 1.32 bits per heavy atom. The first-order valence-electron chi connectivity index (χ1n) is 9.00. The van der Waals surface area contributed by atoms with Crippen LogP contribution >= 0.6 is 0 Å². The van der Waals surface area contributed by atoms with E-state index >= 15 is 0 Å². The standard InChI is InChI=1S/C20H27N3O2/c1-13(2)18(24)12-23-9-8-17-16(11-23)20(25)22-19(21-17)10-15-7-5-4-6-14(15)3/h4-7,13,18,24H,8-12H2,1-3H3,(H,21,22,25)/t18-/m1/s1. The Hall–Kier alpha value is -1.98. The number of aliphatic hydroxyl groups excluding tert-OH is 1. The Bertz CT molecular complexity index is 798. The van der Waals surface area contributed by atoms with Gasteiger partial charge in [0, 0.05) is 32.5 Å². The zero-order valence-electron chi connectivity index (χ0n) is 15.2. The van der Waals surface area contributed by atoms with Crippen LogP contribution in [0.15, 0.2) is 29.1 Å². The molecule has 0 saturated carbocycles. The number of aromatic nitrogens is 2. The van der Waals surface area contributed by atoms with Crippen molar-refractivity contribution in [3.8, 4) is 0 Å². The summed E-state index contributed by atoms with van der Waals surface area (Å²) >= 11 is 0. The molecule has 0 fully saturated rings. The highest BCUT2D eigenvalue weighted by molar-refractivity contribution is 5.29. The summed E-state index contributed by atoms with van der Waals surface area (Å²) in [7, 11) is 0. The maximum Gasteiger partial charge on any atom is 0.255 e. The molecule has 5 nitrogen and oxygen atoms in total. The summed E-state index contributed by atoms with van der Waals surface area (Å²) in [6.07, 6.45) is 1.03. The lowest BCUT2D eigenvalue weighted by atomic mass is 10.0. The first-order chi connectivity index (χ1) is 11.9. The molecule has 0 unspecified atom stereocenters. The SMILES string of the molecule is Cc1ccccc1Cc1nc2c(c(=O)[nH]1)CN(C[C@@H](O)C(C)C)CC2. The molecule has 0 aliphatic carbocycles. The summed E-state index contributed by atoms with van der Waals surface area (Å²) in [5.74, 6) is 0.947. The second-order valence-corrected chi connectivity index (χ2v) is 7.34.